The number of hydrogen-bond acceptors (Lipinski definition) is 5. The van der Waals surface area contributed by atoms with Crippen LogP contribution in [0.1, 0.15) is 19.3 Å². The van der Waals surface area contributed by atoms with Crippen molar-refractivity contribution in [3.05, 3.63) is 0 Å². The molecular formula is C12H24N2O5S. The number of rotatable bonds is 6. The van der Waals surface area contributed by atoms with Crippen LogP contribution in [0.15, 0.2) is 0 Å². The maximum Gasteiger partial charge on any atom is 0.279 e. The Labute approximate surface area is 120 Å². The van der Waals surface area contributed by atoms with Gasteiger partial charge in [-0.15, -0.1) is 0 Å². The second-order valence-electron chi connectivity index (χ2n) is 5.54. The van der Waals surface area contributed by atoms with Crippen molar-refractivity contribution in [3.63, 3.8) is 0 Å². The first-order chi connectivity index (χ1) is 9.51. The van der Waals surface area contributed by atoms with E-state index in [1.165, 1.54) is 4.31 Å². The number of nitrogens with one attached hydrogen (secondary N) is 1. The third-order valence-corrected chi connectivity index (χ3v) is 5.80. The van der Waals surface area contributed by atoms with E-state index in [0.717, 1.165) is 0 Å². The summed E-state index contributed by atoms with van der Waals surface area (Å²) in [6, 6.07) is 0. The molecule has 0 bridgehead atoms. The molecule has 2 fully saturated rings. The van der Waals surface area contributed by atoms with Crippen molar-refractivity contribution in [3.8, 4) is 0 Å². The van der Waals surface area contributed by atoms with Crippen LogP contribution < -0.4 is 4.72 Å². The zero-order chi connectivity index (χ0) is 14.6. The van der Waals surface area contributed by atoms with Crippen molar-refractivity contribution >= 4 is 10.2 Å². The average molecular weight is 308 g/mol. The van der Waals surface area contributed by atoms with E-state index in [9.17, 15) is 8.42 Å². The van der Waals surface area contributed by atoms with E-state index in [4.69, 9.17) is 14.6 Å². The highest BCUT2D eigenvalue weighted by atomic mass is 32.2. The Hall–Kier alpha value is -0.250. The van der Waals surface area contributed by atoms with E-state index in [-0.39, 0.29) is 19.1 Å². The topological polar surface area (TPSA) is 88.1 Å². The van der Waals surface area contributed by atoms with Gasteiger partial charge < -0.3 is 14.6 Å². The summed E-state index contributed by atoms with van der Waals surface area (Å²) in [4.78, 5) is 0. The van der Waals surface area contributed by atoms with E-state index in [0.29, 0.717) is 45.6 Å². The Morgan fingerprint density at radius 2 is 2.15 bits per heavy atom. The summed E-state index contributed by atoms with van der Waals surface area (Å²) in [5, 5.41) is 9.08. The van der Waals surface area contributed by atoms with Gasteiger partial charge >= 0.3 is 0 Å². The van der Waals surface area contributed by atoms with Gasteiger partial charge in [0.1, 0.15) is 5.60 Å². The molecule has 0 radical (unpaired) electrons. The van der Waals surface area contributed by atoms with Crippen LogP contribution in [0.4, 0.5) is 0 Å². The molecule has 2 aliphatic heterocycles. The summed E-state index contributed by atoms with van der Waals surface area (Å²) in [5.74, 6) is 0.218. The molecule has 0 aromatic rings. The van der Waals surface area contributed by atoms with Gasteiger partial charge in [-0.05, 0) is 18.8 Å². The lowest BCUT2D eigenvalue weighted by atomic mass is 10.00. The normalized spacial score (nSPS) is 29.9. The Kier molecular flexibility index (Phi) is 5.38. The minimum Gasteiger partial charge on any atom is -0.396 e. The third kappa shape index (κ3) is 3.69. The number of nitrogens with zero attached hydrogens (tertiary/aromatic N) is 1. The lowest BCUT2D eigenvalue weighted by molar-refractivity contribution is -0.0123. The predicted octanol–water partition coefficient (Wildman–Crippen LogP) is -0.669. The number of ether oxygens (including phenoxy) is 2. The second-order valence-corrected chi connectivity index (χ2v) is 7.30. The van der Waals surface area contributed by atoms with Crippen LogP contribution >= 0.6 is 0 Å². The van der Waals surface area contributed by atoms with Crippen molar-refractivity contribution in [2.24, 2.45) is 5.92 Å². The van der Waals surface area contributed by atoms with E-state index in [2.05, 4.69) is 4.72 Å². The summed E-state index contributed by atoms with van der Waals surface area (Å²) >= 11 is 0. The SMILES string of the molecule is COC1(CNS(=O)(=O)N2CCC(CO)CC2)CCOC1. The van der Waals surface area contributed by atoms with Gasteiger partial charge in [-0.2, -0.15) is 17.4 Å². The summed E-state index contributed by atoms with van der Waals surface area (Å²) in [5.41, 5.74) is -0.545. The minimum absolute atomic E-state index is 0.130. The van der Waals surface area contributed by atoms with Gasteiger partial charge in [0.15, 0.2) is 0 Å². The maximum atomic E-state index is 12.3. The van der Waals surface area contributed by atoms with Crippen LogP contribution in [0.3, 0.4) is 0 Å². The third-order valence-electron chi connectivity index (χ3n) is 4.25. The zero-order valence-electron chi connectivity index (χ0n) is 11.9. The van der Waals surface area contributed by atoms with Crippen molar-refractivity contribution in [1.29, 1.82) is 0 Å². The quantitative estimate of drug-likeness (QED) is 0.679. The summed E-state index contributed by atoms with van der Waals surface area (Å²) in [6.07, 6.45) is 2.10. The number of piperidine rings is 1. The molecule has 0 spiro atoms. The number of aliphatic hydroxyl groups excluding tert-OH is 1. The summed E-state index contributed by atoms with van der Waals surface area (Å²) in [7, 11) is -1.91. The first-order valence-corrected chi connectivity index (χ1v) is 8.44. The lowest BCUT2D eigenvalue weighted by Gasteiger charge is -2.32. The van der Waals surface area contributed by atoms with Crippen LogP contribution in [0.2, 0.25) is 0 Å². The second kappa shape index (κ2) is 6.67. The molecule has 0 aromatic carbocycles. The first kappa shape index (κ1) is 16.1. The minimum atomic E-state index is -3.48. The standard InChI is InChI=1S/C12H24N2O5S/c1-18-12(4-7-19-10-12)9-13-20(16,17)14-5-2-11(8-15)3-6-14/h11,13,15H,2-10H2,1H3. The van der Waals surface area contributed by atoms with Crippen molar-refractivity contribution in [1.82, 2.24) is 9.03 Å². The lowest BCUT2D eigenvalue weighted by Crippen LogP contribution is -2.51. The van der Waals surface area contributed by atoms with Gasteiger partial charge in [0.25, 0.3) is 10.2 Å². The van der Waals surface area contributed by atoms with Crippen LogP contribution in [0, 0.1) is 5.92 Å². The molecule has 2 aliphatic rings. The Bertz CT molecular complexity index is 400. The molecule has 1 atom stereocenters. The highest BCUT2D eigenvalue weighted by molar-refractivity contribution is 7.87. The smallest absolute Gasteiger partial charge is 0.279 e. The monoisotopic (exact) mass is 308 g/mol. The van der Waals surface area contributed by atoms with Gasteiger partial charge in [0.05, 0.1) is 6.61 Å². The van der Waals surface area contributed by atoms with Gasteiger partial charge in [0, 0.05) is 46.4 Å². The molecule has 2 heterocycles. The van der Waals surface area contributed by atoms with Crippen LogP contribution in [-0.2, 0) is 19.7 Å². The molecule has 0 aromatic heterocycles. The Balaban J connectivity index is 1.88. The predicted molar refractivity (Wildman–Crippen MR) is 73.5 cm³/mol. The number of methoxy groups -OCH3 is 1. The largest absolute Gasteiger partial charge is 0.396 e. The van der Waals surface area contributed by atoms with E-state index < -0.39 is 15.8 Å². The van der Waals surface area contributed by atoms with Crippen molar-refractivity contribution in [2.75, 3.05) is 46.6 Å². The highest BCUT2D eigenvalue weighted by Gasteiger charge is 2.37. The first-order valence-electron chi connectivity index (χ1n) is 7.00. The molecule has 2 saturated heterocycles. The molecule has 2 N–H and O–H groups in total. The molecule has 0 amide bonds. The molecule has 0 saturated carbocycles. The van der Waals surface area contributed by atoms with Gasteiger partial charge in [0.2, 0.25) is 0 Å². The van der Waals surface area contributed by atoms with E-state index >= 15 is 0 Å². The van der Waals surface area contributed by atoms with E-state index in [1.54, 1.807) is 7.11 Å². The molecule has 7 nitrogen and oxygen atoms in total. The van der Waals surface area contributed by atoms with Crippen LogP contribution in [0.5, 0.6) is 0 Å². The van der Waals surface area contributed by atoms with Gasteiger partial charge in [-0.25, -0.2) is 0 Å². The van der Waals surface area contributed by atoms with E-state index in [1.807, 2.05) is 0 Å². The molecular weight excluding hydrogens is 284 g/mol. The van der Waals surface area contributed by atoms with Gasteiger partial charge in [-0.1, -0.05) is 0 Å². The van der Waals surface area contributed by atoms with Crippen LogP contribution in [-0.4, -0.2) is 70.0 Å². The molecule has 0 aliphatic carbocycles. The fourth-order valence-corrected chi connectivity index (χ4v) is 3.93. The molecule has 8 heteroatoms. The highest BCUT2D eigenvalue weighted by Crippen LogP contribution is 2.23. The van der Waals surface area contributed by atoms with Gasteiger partial charge in [-0.3, -0.25) is 0 Å². The zero-order valence-corrected chi connectivity index (χ0v) is 12.7. The molecule has 20 heavy (non-hydrogen) atoms. The number of aliphatic hydroxyl groups is 1. The molecule has 1 unspecified atom stereocenters. The average Bonchev–Trinajstić information content (AvgIpc) is 2.95. The van der Waals surface area contributed by atoms with Crippen molar-refractivity contribution < 1.29 is 23.0 Å². The Morgan fingerprint density at radius 1 is 1.45 bits per heavy atom. The van der Waals surface area contributed by atoms with Crippen molar-refractivity contribution in [2.45, 2.75) is 24.9 Å². The summed E-state index contributed by atoms with van der Waals surface area (Å²) in [6.45, 7) is 2.28. The maximum absolute atomic E-state index is 12.3. The molecule has 118 valence electrons. The molecule has 2 rings (SSSR count). The van der Waals surface area contributed by atoms with Crippen LogP contribution in [0.25, 0.3) is 0 Å². The fraction of sp³-hybridized carbons (Fsp3) is 1.00. The number of hydrogen-bond donors (Lipinski definition) is 2. The fourth-order valence-electron chi connectivity index (χ4n) is 2.61. The summed E-state index contributed by atoms with van der Waals surface area (Å²) < 4.78 is 39.3. The Morgan fingerprint density at radius 3 is 2.65 bits per heavy atom.